The van der Waals surface area contributed by atoms with Crippen molar-refractivity contribution in [2.75, 3.05) is 27.1 Å². The van der Waals surface area contributed by atoms with E-state index in [0.29, 0.717) is 0 Å². The third-order valence-corrected chi connectivity index (χ3v) is 2.06. The number of anilines is 1. The van der Waals surface area contributed by atoms with Crippen molar-refractivity contribution < 1.29 is 24.1 Å². The van der Waals surface area contributed by atoms with Crippen LogP contribution in [0.15, 0.2) is 6.07 Å². The Hall–Kier alpha value is -2.11. The zero-order valence-electron chi connectivity index (χ0n) is 9.23. The zero-order chi connectivity index (χ0) is 12.3. The number of phenolic OH excluding ortho intramolecular Hbond substituents is 1. The van der Waals surface area contributed by atoms with Crippen molar-refractivity contribution in [1.29, 1.82) is 0 Å². The van der Waals surface area contributed by atoms with Gasteiger partial charge in [0.2, 0.25) is 0 Å². The molecule has 88 valence electrons. The number of carbonyl (C=O) groups excluding carboxylic acids is 1. The summed E-state index contributed by atoms with van der Waals surface area (Å²) in [4.78, 5) is 11.5. The molecule has 0 aliphatic carbocycles. The predicted molar refractivity (Wildman–Crippen MR) is 57.0 cm³/mol. The van der Waals surface area contributed by atoms with Crippen LogP contribution in [0.2, 0.25) is 0 Å². The van der Waals surface area contributed by atoms with Gasteiger partial charge in [-0.25, -0.2) is 4.79 Å². The second-order valence-electron chi connectivity index (χ2n) is 2.92. The van der Waals surface area contributed by atoms with Crippen LogP contribution in [-0.2, 0) is 4.74 Å². The lowest BCUT2D eigenvalue weighted by atomic mass is 10.1. The van der Waals surface area contributed by atoms with Crippen molar-refractivity contribution in [2.45, 2.75) is 0 Å². The van der Waals surface area contributed by atoms with Gasteiger partial charge in [0.25, 0.3) is 0 Å². The minimum Gasteiger partial charge on any atom is -0.505 e. The fraction of sp³-hybridized carbons (Fsp3) is 0.300. The van der Waals surface area contributed by atoms with Gasteiger partial charge < -0.3 is 25.1 Å². The van der Waals surface area contributed by atoms with Crippen LogP contribution in [0.25, 0.3) is 0 Å². The maximum Gasteiger partial charge on any atom is 0.345 e. The lowest BCUT2D eigenvalue weighted by Gasteiger charge is -2.14. The number of carbonyl (C=O) groups is 1. The summed E-state index contributed by atoms with van der Waals surface area (Å²) in [6.45, 7) is 0. The fourth-order valence-corrected chi connectivity index (χ4v) is 1.30. The SMILES string of the molecule is COC(=O)c1c(O)c(N)cc(OC)c1OC. The van der Waals surface area contributed by atoms with Gasteiger partial charge >= 0.3 is 5.97 Å². The number of hydrogen-bond donors (Lipinski definition) is 2. The zero-order valence-corrected chi connectivity index (χ0v) is 9.23. The Morgan fingerprint density at radius 3 is 2.38 bits per heavy atom. The van der Waals surface area contributed by atoms with Crippen molar-refractivity contribution in [1.82, 2.24) is 0 Å². The molecule has 0 aliphatic rings. The summed E-state index contributed by atoms with van der Waals surface area (Å²) < 4.78 is 14.5. The minimum absolute atomic E-state index is 0.0121. The number of hydrogen-bond acceptors (Lipinski definition) is 6. The molecule has 0 saturated carbocycles. The Morgan fingerprint density at radius 2 is 1.94 bits per heavy atom. The summed E-state index contributed by atoms with van der Waals surface area (Å²) in [6, 6.07) is 1.36. The molecular formula is C10H13NO5. The molecule has 16 heavy (non-hydrogen) atoms. The lowest BCUT2D eigenvalue weighted by molar-refractivity contribution is 0.0593. The maximum atomic E-state index is 11.5. The molecule has 0 aromatic heterocycles. The highest BCUT2D eigenvalue weighted by Gasteiger charge is 2.24. The first-order valence-electron chi connectivity index (χ1n) is 4.38. The summed E-state index contributed by atoms with van der Waals surface area (Å²) >= 11 is 0. The predicted octanol–water partition coefficient (Wildman–Crippen LogP) is 0.778. The van der Waals surface area contributed by atoms with Crippen LogP contribution < -0.4 is 15.2 Å². The van der Waals surface area contributed by atoms with Crippen LogP contribution in [0.1, 0.15) is 10.4 Å². The van der Waals surface area contributed by atoms with Gasteiger partial charge in [0, 0.05) is 6.07 Å². The number of esters is 1. The smallest absolute Gasteiger partial charge is 0.345 e. The Kier molecular flexibility index (Phi) is 3.44. The Labute approximate surface area is 92.5 Å². The molecule has 3 N–H and O–H groups in total. The molecule has 0 radical (unpaired) electrons. The average molecular weight is 227 g/mol. The fourth-order valence-electron chi connectivity index (χ4n) is 1.30. The van der Waals surface area contributed by atoms with Crippen molar-refractivity contribution >= 4 is 11.7 Å². The number of rotatable bonds is 3. The molecule has 0 saturated heterocycles. The molecule has 6 heteroatoms. The van der Waals surface area contributed by atoms with Gasteiger partial charge in [0.1, 0.15) is 5.56 Å². The number of aromatic hydroxyl groups is 1. The second-order valence-corrected chi connectivity index (χ2v) is 2.92. The lowest BCUT2D eigenvalue weighted by Crippen LogP contribution is -2.07. The van der Waals surface area contributed by atoms with Gasteiger partial charge in [-0.05, 0) is 0 Å². The monoisotopic (exact) mass is 227 g/mol. The molecule has 1 aromatic rings. The van der Waals surface area contributed by atoms with Gasteiger partial charge in [0.05, 0.1) is 27.0 Å². The number of nitrogens with two attached hydrogens (primary N) is 1. The molecule has 6 nitrogen and oxygen atoms in total. The summed E-state index contributed by atoms with van der Waals surface area (Å²) in [5.74, 6) is -0.802. The van der Waals surface area contributed by atoms with E-state index in [-0.39, 0.29) is 28.5 Å². The quantitative estimate of drug-likeness (QED) is 0.450. The molecule has 0 bridgehead atoms. The molecule has 0 atom stereocenters. The molecule has 0 aliphatic heterocycles. The van der Waals surface area contributed by atoms with Crippen molar-refractivity contribution in [3.05, 3.63) is 11.6 Å². The van der Waals surface area contributed by atoms with Gasteiger partial charge in [-0.2, -0.15) is 0 Å². The first kappa shape index (κ1) is 12.0. The number of nitrogen functional groups attached to an aromatic ring is 1. The van der Waals surface area contributed by atoms with Crippen LogP contribution in [-0.4, -0.2) is 32.4 Å². The average Bonchev–Trinajstić information content (AvgIpc) is 2.30. The minimum atomic E-state index is -0.750. The highest BCUT2D eigenvalue weighted by molar-refractivity contribution is 5.98. The van der Waals surface area contributed by atoms with Crippen molar-refractivity contribution in [3.63, 3.8) is 0 Å². The molecule has 1 aromatic carbocycles. The van der Waals surface area contributed by atoms with Gasteiger partial charge in [-0.15, -0.1) is 0 Å². The van der Waals surface area contributed by atoms with E-state index < -0.39 is 5.97 Å². The second kappa shape index (κ2) is 4.61. The standard InChI is InChI=1S/C10H13NO5/c1-14-6-4-5(11)8(12)7(9(6)15-2)10(13)16-3/h4,12H,11H2,1-3H3. The van der Waals surface area contributed by atoms with E-state index in [1.54, 1.807) is 0 Å². The topological polar surface area (TPSA) is 91.0 Å². The molecule has 0 heterocycles. The first-order chi connectivity index (χ1) is 7.56. The van der Waals surface area contributed by atoms with E-state index in [1.807, 2.05) is 0 Å². The number of phenols is 1. The largest absolute Gasteiger partial charge is 0.505 e. The van der Waals surface area contributed by atoms with Crippen LogP contribution in [0.5, 0.6) is 17.2 Å². The van der Waals surface area contributed by atoms with Crippen molar-refractivity contribution in [3.8, 4) is 17.2 Å². The van der Waals surface area contributed by atoms with Crippen LogP contribution in [0.3, 0.4) is 0 Å². The molecule has 0 spiro atoms. The molecule has 0 amide bonds. The van der Waals surface area contributed by atoms with E-state index in [9.17, 15) is 9.90 Å². The molecule has 0 unspecified atom stereocenters. The van der Waals surface area contributed by atoms with Gasteiger partial charge in [-0.3, -0.25) is 0 Å². The van der Waals surface area contributed by atoms with Gasteiger partial charge in [0.15, 0.2) is 17.2 Å². The molecule has 1 rings (SSSR count). The summed E-state index contributed by atoms with van der Waals surface area (Å²) in [5, 5.41) is 9.67. The van der Waals surface area contributed by atoms with E-state index >= 15 is 0 Å². The maximum absolute atomic E-state index is 11.5. The Morgan fingerprint density at radius 1 is 1.31 bits per heavy atom. The molecule has 0 fully saturated rings. The van der Waals surface area contributed by atoms with E-state index in [4.69, 9.17) is 15.2 Å². The van der Waals surface area contributed by atoms with E-state index in [2.05, 4.69) is 4.74 Å². The summed E-state index contributed by atoms with van der Waals surface area (Å²) in [7, 11) is 3.94. The van der Waals surface area contributed by atoms with E-state index in [0.717, 1.165) is 0 Å². The third kappa shape index (κ3) is 1.81. The first-order valence-corrected chi connectivity index (χ1v) is 4.38. The van der Waals surface area contributed by atoms with Crippen LogP contribution in [0.4, 0.5) is 5.69 Å². The van der Waals surface area contributed by atoms with Crippen LogP contribution >= 0.6 is 0 Å². The number of ether oxygens (including phenoxy) is 3. The highest BCUT2D eigenvalue weighted by Crippen LogP contribution is 2.41. The summed E-state index contributed by atoms with van der Waals surface area (Å²) in [5.41, 5.74) is 5.38. The Balaban J connectivity index is 3.53. The van der Waals surface area contributed by atoms with Crippen LogP contribution in [0, 0.1) is 0 Å². The normalized spacial score (nSPS) is 9.69. The number of benzene rings is 1. The highest BCUT2D eigenvalue weighted by atomic mass is 16.5. The van der Waals surface area contributed by atoms with Crippen molar-refractivity contribution in [2.24, 2.45) is 0 Å². The third-order valence-electron chi connectivity index (χ3n) is 2.06. The Bertz CT molecular complexity index is 416. The van der Waals surface area contributed by atoms with E-state index in [1.165, 1.54) is 27.4 Å². The molecular weight excluding hydrogens is 214 g/mol. The summed E-state index contributed by atoms with van der Waals surface area (Å²) in [6.07, 6.45) is 0. The van der Waals surface area contributed by atoms with Gasteiger partial charge in [-0.1, -0.05) is 0 Å². The number of methoxy groups -OCH3 is 3.